The smallest absolute Gasteiger partial charge is 0.288 e. The average Bonchev–Trinajstić information content (AvgIpc) is 2.71. The Balaban J connectivity index is 1.85. The largest absolute Gasteiger partial charge is 0.310 e. The van der Waals surface area contributed by atoms with Gasteiger partial charge in [-0.05, 0) is 55.0 Å². The van der Waals surface area contributed by atoms with Crippen molar-refractivity contribution in [3.8, 4) is 0 Å². The average molecular weight is 481 g/mol. The fourth-order valence-corrected chi connectivity index (χ4v) is 5.00. The van der Waals surface area contributed by atoms with Crippen molar-refractivity contribution in [2.24, 2.45) is 16.3 Å². The van der Waals surface area contributed by atoms with Gasteiger partial charge in [0.05, 0.1) is 10.8 Å². The number of aliphatic imine (C=N–C) groups is 1. The normalized spacial score (nSPS) is 21.6. The highest BCUT2D eigenvalue weighted by atomic mass is 35.5. The Labute approximate surface area is 202 Å². The molecule has 0 saturated heterocycles. The maximum absolute atomic E-state index is 13.5. The monoisotopic (exact) mass is 480 g/mol. The number of aromatic nitrogens is 1. The highest BCUT2D eigenvalue weighted by Crippen LogP contribution is 2.48. The Hall–Kier alpha value is -3.39. The highest BCUT2D eigenvalue weighted by molar-refractivity contribution is 6.32. The molecule has 2 atom stereocenters. The third-order valence-corrected chi connectivity index (χ3v) is 6.60. The number of rotatable bonds is 4. The molecule has 0 spiro atoms. The van der Waals surface area contributed by atoms with Gasteiger partial charge >= 0.3 is 0 Å². The number of ketones is 1. The van der Waals surface area contributed by atoms with Crippen molar-refractivity contribution in [2.45, 2.75) is 46.5 Å². The van der Waals surface area contributed by atoms with Crippen molar-refractivity contribution in [3.63, 3.8) is 0 Å². The lowest BCUT2D eigenvalue weighted by atomic mass is 9.66. The predicted molar refractivity (Wildman–Crippen MR) is 130 cm³/mol. The third-order valence-electron chi connectivity index (χ3n) is 6.28. The van der Waals surface area contributed by atoms with Crippen LogP contribution in [0.4, 0.5) is 11.5 Å². The number of amides is 1. The van der Waals surface area contributed by atoms with Crippen LogP contribution in [0.3, 0.4) is 0 Å². The molecule has 9 heteroatoms. The number of nitrogens with zero attached hydrogens (tertiary/aromatic N) is 3. The zero-order valence-corrected chi connectivity index (χ0v) is 20.1. The molecule has 0 radical (unpaired) electrons. The standard InChI is InChI=1S/C25H25ClN4O4/c1-13-7-8-27-20(9-13)29-24(32)21-14(2)28-17-11-25(3,4)12-19(31)23(17)22(21)15-5-6-16(26)18(10-15)30(33)34/h5-10,21-22H,11-12H2,1-4H3,(H,27,29,32)/t21?,22-/m0/s1. The van der Waals surface area contributed by atoms with Crippen molar-refractivity contribution in [3.05, 3.63) is 74.1 Å². The van der Waals surface area contributed by atoms with Crippen LogP contribution in [0.5, 0.6) is 0 Å². The van der Waals surface area contributed by atoms with Crippen LogP contribution in [0, 0.1) is 28.4 Å². The Morgan fingerprint density at radius 2 is 1.94 bits per heavy atom. The summed E-state index contributed by atoms with van der Waals surface area (Å²) in [6.07, 6.45) is 2.48. The van der Waals surface area contributed by atoms with Crippen LogP contribution < -0.4 is 5.32 Å². The lowest BCUT2D eigenvalue weighted by Crippen LogP contribution is -2.41. The second kappa shape index (κ2) is 8.76. The summed E-state index contributed by atoms with van der Waals surface area (Å²) in [4.78, 5) is 46.8. The van der Waals surface area contributed by atoms with E-state index in [1.54, 1.807) is 25.3 Å². The number of nitrogens with one attached hydrogen (secondary N) is 1. The molecule has 176 valence electrons. The number of carbonyl (C=O) groups excluding carboxylic acids is 2. The van der Waals surface area contributed by atoms with Crippen molar-refractivity contribution < 1.29 is 14.5 Å². The summed E-state index contributed by atoms with van der Waals surface area (Å²) in [5, 5.41) is 14.4. The van der Waals surface area contributed by atoms with Crippen molar-refractivity contribution in [2.75, 3.05) is 5.32 Å². The molecule has 34 heavy (non-hydrogen) atoms. The van der Waals surface area contributed by atoms with E-state index < -0.39 is 16.8 Å². The van der Waals surface area contributed by atoms with Crippen LogP contribution in [0.2, 0.25) is 5.02 Å². The van der Waals surface area contributed by atoms with Crippen LogP contribution in [0.1, 0.15) is 50.7 Å². The third kappa shape index (κ3) is 4.50. The van der Waals surface area contributed by atoms with Gasteiger partial charge in [0, 0.05) is 41.6 Å². The van der Waals surface area contributed by atoms with Gasteiger partial charge in [-0.3, -0.25) is 24.7 Å². The molecule has 0 bridgehead atoms. The first-order valence-corrected chi connectivity index (χ1v) is 11.3. The number of aryl methyl sites for hydroxylation is 1. The van der Waals surface area contributed by atoms with E-state index in [2.05, 4.69) is 10.3 Å². The minimum Gasteiger partial charge on any atom is -0.310 e. The Morgan fingerprint density at radius 3 is 2.62 bits per heavy atom. The topological polar surface area (TPSA) is 115 Å². The number of anilines is 1. The SMILES string of the molecule is CC1=NC2=C(C(=O)CC(C)(C)C2)[C@@H](c2ccc(Cl)c([N+](=O)[O-])c2)C1C(=O)Nc1cc(C)ccn1. The van der Waals surface area contributed by atoms with Gasteiger partial charge in [0.1, 0.15) is 10.8 Å². The van der Waals surface area contributed by atoms with Gasteiger partial charge in [-0.1, -0.05) is 31.5 Å². The van der Waals surface area contributed by atoms with E-state index in [-0.39, 0.29) is 27.8 Å². The molecule has 1 aromatic heterocycles. The Bertz CT molecular complexity index is 1280. The fourth-order valence-electron chi connectivity index (χ4n) is 4.82. The maximum Gasteiger partial charge on any atom is 0.288 e. The first-order valence-electron chi connectivity index (χ1n) is 11.0. The van der Waals surface area contributed by atoms with Crippen molar-refractivity contribution in [1.29, 1.82) is 0 Å². The molecule has 1 amide bonds. The Kier molecular flexibility index (Phi) is 6.12. The molecule has 1 aliphatic carbocycles. The number of nitro benzene ring substituents is 1. The molecule has 0 fully saturated rings. The van der Waals surface area contributed by atoms with Gasteiger partial charge in [-0.2, -0.15) is 0 Å². The molecule has 1 aliphatic heterocycles. The number of pyridine rings is 1. The summed E-state index contributed by atoms with van der Waals surface area (Å²) in [6.45, 7) is 7.65. The van der Waals surface area contributed by atoms with Crippen LogP contribution in [0.15, 0.2) is 52.8 Å². The van der Waals surface area contributed by atoms with Crippen LogP contribution in [-0.2, 0) is 9.59 Å². The molecule has 0 saturated carbocycles. The second-order valence-corrected chi connectivity index (χ2v) is 10.1. The minimum atomic E-state index is -0.841. The lowest BCUT2D eigenvalue weighted by molar-refractivity contribution is -0.384. The van der Waals surface area contributed by atoms with Crippen LogP contribution in [-0.4, -0.2) is 27.3 Å². The van der Waals surface area contributed by atoms with Gasteiger partial charge in [-0.15, -0.1) is 0 Å². The molecule has 1 unspecified atom stereocenters. The quantitative estimate of drug-likeness (QED) is 0.464. The highest BCUT2D eigenvalue weighted by Gasteiger charge is 2.45. The molecule has 4 rings (SSSR count). The van der Waals surface area contributed by atoms with Crippen molar-refractivity contribution >= 4 is 40.5 Å². The predicted octanol–water partition coefficient (Wildman–Crippen LogP) is 5.41. The summed E-state index contributed by atoms with van der Waals surface area (Å²) in [5.41, 5.74) is 2.48. The van der Waals surface area contributed by atoms with Crippen LogP contribution >= 0.6 is 11.6 Å². The maximum atomic E-state index is 13.5. The van der Waals surface area contributed by atoms with E-state index in [1.807, 2.05) is 26.8 Å². The zero-order chi connectivity index (χ0) is 24.8. The van der Waals surface area contributed by atoms with E-state index in [0.29, 0.717) is 41.2 Å². The minimum absolute atomic E-state index is 0.00906. The molecule has 1 N–H and O–H groups in total. The van der Waals surface area contributed by atoms with Gasteiger partial charge in [-0.25, -0.2) is 4.98 Å². The molecular weight excluding hydrogens is 456 g/mol. The number of Topliss-reactive ketones (excluding diaryl/α,β-unsaturated/α-hetero) is 1. The van der Waals surface area contributed by atoms with E-state index in [1.165, 1.54) is 12.1 Å². The second-order valence-electron chi connectivity index (χ2n) is 9.69. The summed E-state index contributed by atoms with van der Waals surface area (Å²) < 4.78 is 0. The number of hydrogen-bond acceptors (Lipinski definition) is 6. The Morgan fingerprint density at radius 1 is 1.21 bits per heavy atom. The number of benzene rings is 1. The number of allylic oxidation sites excluding steroid dienone is 2. The molecule has 2 heterocycles. The van der Waals surface area contributed by atoms with E-state index in [4.69, 9.17) is 16.6 Å². The number of carbonyl (C=O) groups is 2. The van der Waals surface area contributed by atoms with E-state index in [9.17, 15) is 19.7 Å². The van der Waals surface area contributed by atoms with Crippen molar-refractivity contribution in [1.82, 2.24) is 4.98 Å². The number of nitro groups is 1. The van der Waals surface area contributed by atoms with Gasteiger partial charge in [0.2, 0.25) is 5.91 Å². The first kappa shape index (κ1) is 23.8. The van der Waals surface area contributed by atoms with Gasteiger partial charge < -0.3 is 5.32 Å². The fraction of sp³-hybridized carbons (Fsp3) is 0.360. The first-order chi connectivity index (χ1) is 16.0. The van der Waals surface area contributed by atoms with E-state index >= 15 is 0 Å². The van der Waals surface area contributed by atoms with E-state index in [0.717, 1.165) is 5.56 Å². The molecule has 8 nitrogen and oxygen atoms in total. The molecule has 2 aliphatic rings. The summed E-state index contributed by atoms with van der Waals surface area (Å²) in [6, 6.07) is 7.99. The summed E-state index contributed by atoms with van der Waals surface area (Å²) in [5.74, 6) is -1.67. The number of hydrogen-bond donors (Lipinski definition) is 1. The van der Waals surface area contributed by atoms with Gasteiger partial charge in [0.15, 0.2) is 5.78 Å². The van der Waals surface area contributed by atoms with Crippen LogP contribution in [0.25, 0.3) is 0 Å². The lowest BCUT2D eigenvalue weighted by Gasteiger charge is -2.39. The summed E-state index contributed by atoms with van der Waals surface area (Å²) >= 11 is 6.05. The summed E-state index contributed by atoms with van der Waals surface area (Å²) in [7, 11) is 0. The number of halogens is 1. The zero-order valence-electron chi connectivity index (χ0n) is 19.4. The molecule has 2 aromatic rings. The van der Waals surface area contributed by atoms with Gasteiger partial charge in [0.25, 0.3) is 5.69 Å². The molecule has 1 aromatic carbocycles. The molecular formula is C25H25ClN4O4.